The molecule has 126 valence electrons. The van der Waals surface area contributed by atoms with Crippen LogP contribution in [0.5, 0.6) is 0 Å². The lowest BCUT2D eigenvalue weighted by atomic mass is 10.0. The highest BCUT2D eigenvalue weighted by Crippen LogP contribution is 2.17. The van der Waals surface area contributed by atoms with Crippen LogP contribution in [0.15, 0.2) is 42.5 Å². The summed E-state index contributed by atoms with van der Waals surface area (Å²) in [6, 6.07) is 14.3. The summed E-state index contributed by atoms with van der Waals surface area (Å²) in [4.78, 5) is 15.0. The number of nitrogens with one attached hydrogen (secondary N) is 1. The molecule has 0 atom stereocenters. The topological polar surface area (TPSA) is 32.3 Å². The van der Waals surface area contributed by atoms with Crippen molar-refractivity contribution < 1.29 is 4.79 Å². The number of carbonyl (C=O) groups excluding carboxylic acids is 1. The second kappa shape index (κ2) is 7.63. The van der Waals surface area contributed by atoms with Crippen molar-refractivity contribution >= 4 is 5.91 Å². The van der Waals surface area contributed by atoms with Crippen LogP contribution in [0.3, 0.4) is 0 Å². The predicted octanol–water partition coefficient (Wildman–Crippen LogP) is 3.83. The molecule has 1 heterocycles. The zero-order chi connectivity index (χ0) is 16.9. The summed E-state index contributed by atoms with van der Waals surface area (Å²) in [5.41, 5.74) is 5.51. The third-order valence-corrected chi connectivity index (χ3v) is 5.00. The summed E-state index contributed by atoms with van der Waals surface area (Å²) in [5.74, 6) is 0.00664. The van der Waals surface area contributed by atoms with Gasteiger partial charge in [0.25, 0.3) is 5.91 Å². The van der Waals surface area contributed by atoms with Crippen molar-refractivity contribution in [3.05, 3.63) is 70.3 Å². The Hall–Kier alpha value is -2.13. The summed E-state index contributed by atoms with van der Waals surface area (Å²) in [6.45, 7) is 7.97. The number of rotatable bonds is 5. The molecule has 0 saturated carbocycles. The van der Waals surface area contributed by atoms with Crippen molar-refractivity contribution in [3.8, 4) is 0 Å². The van der Waals surface area contributed by atoms with Crippen molar-refractivity contribution in [3.63, 3.8) is 0 Å². The quantitative estimate of drug-likeness (QED) is 0.907. The maximum absolute atomic E-state index is 12.5. The van der Waals surface area contributed by atoms with Crippen molar-refractivity contribution in [2.45, 2.75) is 39.8 Å². The van der Waals surface area contributed by atoms with Gasteiger partial charge in [-0.05, 0) is 68.1 Å². The molecule has 1 aliphatic heterocycles. The molecule has 0 aromatic heterocycles. The number of likely N-dealkylation sites (tertiary alicyclic amines) is 1. The molecule has 0 aliphatic carbocycles. The van der Waals surface area contributed by atoms with Gasteiger partial charge in [-0.25, -0.2) is 0 Å². The van der Waals surface area contributed by atoms with Crippen molar-refractivity contribution in [1.29, 1.82) is 0 Å². The van der Waals surface area contributed by atoms with Gasteiger partial charge in [-0.1, -0.05) is 36.4 Å². The molecular formula is C21H26N2O. The van der Waals surface area contributed by atoms with Gasteiger partial charge in [0.1, 0.15) is 0 Å². The van der Waals surface area contributed by atoms with E-state index in [9.17, 15) is 4.79 Å². The summed E-state index contributed by atoms with van der Waals surface area (Å²) >= 11 is 0. The van der Waals surface area contributed by atoms with E-state index >= 15 is 0 Å². The molecule has 0 spiro atoms. The number of hydrogen-bond acceptors (Lipinski definition) is 2. The van der Waals surface area contributed by atoms with Gasteiger partial charge in [-0.15, -0.1) is 0 Å². The Morgan fingerprint density at radius 2 is 1.71 bits per heavy atom. The average Bonchev–Trinajstić information content (AvgIpc) is 3.09. The second-order valence-corrected chi connectivity index (χ2v) is 6.68. The Bertz CT molecular complexity index is 718. The van der Waals surface area contributed by atoms with E-state index in [0.717, 1.165) is 23.2 Å². The van der Waals surface area contributed by atoms with Crippen LogP contribution in [-0.4, -0.2) is 23.9 Å². The Labute approximate surface area is 144 Å². The third kappa shape index (κ3) is 3.85. The second-order valence-electron chi connectivity index (χ2n) is 6.68. The van der Waals surface area contributed by atoms with Crippen molar-refractivity contribution in [2.75, 3.05) is 13.1 Å². The fraction of sp³-hybridized carbons (Fsp3) is 0.381. The highest BCUT2D eigenvalue weighted by atomic mass is 16.1. The van der Waals surface area contributed by atoms with E-state index in [0.29, 0.717) is 6.54 Å². The maximum Gasteiger partial charge on any atom is 0.251 e. The summed E-state index contributed by atoms with van der Waals surface area (Å²) in [7, 11) is 0. The van der Waals surface area contributed by atoms with Gasteiger partial charge in [0.05, 0.1) is 0 Å². The van der Waals surface area contributed by atoms with E-state index in [1.165, 1.54) is 37.1 Å². The zero-order valence-corrected chi connectivity index (χ0v) is 14.6. The molecule has 3 rings (SSSR count). The first-order valence-corrected chi connectivity index (χ1v) is 8.78. The van der Waals surface area contributed by atoms with Crippen LogP contribution in [0.2, 0.25) is 0 Å². The smallest absolute Gasteiger partial charge is 0.251 e. The molecule has 1 N–H and O–H groups in total. The van der Waals surface area contributed by atoms with Crippen molar-refractivity contribution in [1.82, 2.24) is 10.2 Å². The summed E-state index contributed by atoms with van der Waals surface area (Å²) in [5, 5.41) is 3.09. The molecule has 3 heteroatoms. The van der Waals surface area contributed by atoms with Crippen LogP contribution in [0, 0.1) is 13.8 Å². The average molecular weight is 322 g/mol. The van der Waals surface area contributed by atoms with Gasteiger partial charge in [-0.2, -0.15) is 0 Å². The van der Waals surface area contributed by atoms with Gasteiger partial charge in [0, 0.05) is 18.7 Å². The van der Waals surface area contributed by atoms with Gasteiger partial charge < -0.3 is 5.32 Å². The minimum absolute atomic E-state index is 0.00664. The van der Waals surface area contributed by atoms with Gasteiger partial charge >= 0.3 is 0 Å². The molecule has 1 aliphatic rings. The molecule has 0 unspecified atom stereocenters. The zero-order valence-electron chi connectivity index (χ0n) is 14.6. The predicted molar refractivity (Wildman–Crippen MR) is 98.0 cm³/mol. The number of nitrogens with zero attached hydrogens (tertiary/aromatic N) is 1. The molecule has 24 heavy (non-hydrogen) atoms. The SMILES string of the molecule is Cc1cccc(C(=O)NCc2ccccc2CN2CCCC2)c1C. The molecule has 1 fully saturated rings. The molecule has 3 nitrogen and oxygen atoms in total. The van der Waals surface area contributed by atoms with Crippen LogP contribution in [0.25, 0.3) is 0 Å². The molecule has 0 radical (unpaired) electrons. The first-order chi connectivity index (χ1) is 11.6. The van der Waals surface area contributed by atoms with Crippen molar-refractivity contribution in [2.24, 2.45) is 0 Å². The monoisotopic (exact) mass is 322 g/mol. The first-order valence-electron chi connectivity index (χ1n) is 8.78. The van der Waals surface area contributed by atoms with Gasteiger partial charge in [-0.3, -0.25) is 9.69 Å². The fourth-order valence-corrected chi connectivity index (χ4v) is 3.33. The van der Waals surface area contributed by atoms with Crippen LogP contribution >= 0.6 is 0 Å². The molecule has 2 aromatic carbocycles. The molecule has 0 bridgehead atoms. The molecule has 2 aromatic rings. The number of aryl methyl sites for hydroxylation is 1. The van der Waals surface area contributed by atoms with Gasteiger partial charge in [0.2, 0.25) is 0 Å². The third-order valence-electron chi connectivity index (χ3n) is 5.00. The Morgan fingerprint density at radius 1 is 1.00 bits per heavy atom. The largest absolute Gasteiger partial charge is 0.348 e. The van der Waals surface area contributed by atoms with E-state index in [1.54, 1.807) is 0 Å². The lowest BCUT2D eigenvalue weighted by Crippen LogP contribution is -2.25. The molecular weight excluding hydrogens is 296 g/mol. The molecule has 1 saturated heterocycles. The number of hydrogen-bond donors (Lipinski definition) is 1. The Kier molecular flexibility index (Phi) is 5.31. The van der Waals surface area contributed by atoms with Crippen LogP contribution in [0.1, 0.15) is 45.5 Å². The summed E-state index contributed by atoms with van der Waals surface area (Å²) in [6.07, 6.45) is 2.59. The fourth-order valence-electron chi connectivity index (χ4n) is 3.33. The van der Waals surface area contributed by atoms with E-state index in [2.05, 4.69) is 28.4 Å². The van der Waals surface area contributed by atoms with Crippen LogP contribution < -0.4 is 5.32 Å². The van der Waals surface area contributed by atoms with E-state index in [1.807, 2.05) is 38.1 Å². The van der Waals surface area contributed by atoms with Crippen LogP contribution in [-0.2, 0) is 13.1 Å². The van der Waals surface area contributed by atoms with E-state index in [4.69, 9.17) is 0 Å². The lowest BCUT2D eigenvalue weighted by molar-refractivity contribution is 0.0950. The minimum atomic E-state index is 0.00664. The first kappa shape index (κ1) is 16.7. The maximum atomic E-state index is 12.5. The Morgan fingerprint density at radius 3 is 2.46 bits per heavy atom. The van der Waals surface area contributed by atoms with Gasteiger partial charge in [0.15, 0.2) is 0 Å². The Balaban J connectivity index is 1.68. The van der Waals surface area contributed by atoms with E-state index in [-0.39, 0.29) is 5.91 Å². The highest BCUT2D eigenvalue weighted by Gasteiger charge is 2.14. The molecule has 1 amide bonds. The van der Waals surface area contributed by atoms with E-state index < -0.39 is 0 Å². The lowest BCUT2D eigenvalue weighted by Gasteiger charge is -2.18. The van der Waals surface area contributed by atoms with Crippen LogP contribution in [0.4, 0.5) is 0 Å². The standard InChI is InChI=1S/C21H26N2O/c1-16-8-7-11-20(17(16)2)21(24)22-14-18-9-3-4-10-19(18)15-23-12-5-6-13-23/h3-4,7-11H,5-6,12-15H2,1-2H3,(H,22,24). The summed E-state index contributed by atoms with van der Waals surface area (Å²) < 4.78 is 0. The normalized spacial score (nSPS) is 14.8. The number of benzene rings is 2. The number of carbonyl (C=O) groups is 1. The minimum Gasteiger partial charge on any atom is -0.348 e. The number of amides is 1. The highest BCUT2D eigenvalue weighted by molar-refractivity contribution is 5.95.